The lowest BCUT2D eigenvalue weighted by molar-refractivity contribution is -0.0622. The first-order chi connectivity index (χ1) is 39.5. The van der Waals surface area contributed by atoms with Crippen molar-refractivity contribution < 1.29 is 93.2 Å². The van der Waals surface area contributed by atoms with Crippen molar-refractivity contribution in [1.29, 1.82) is 0 Å². The van der Waals surface area contributed by atoms with E-state index in [2.05, 4.69) is 49.8 Å². The molecule has 0 aromatic carbocycles. The number of hydrogen-bond acceptors (Lipinski definition) is 32. The molecular weight excluding hydrogens is 1200 g/mol. The molecule has 7 aromatic heterocycles. The van der Waals surface area contributed by atoms with Crippen LogP contribution < -0.4 is 34.2 Å². The van der Waals surface area contributed by atoms with Gasteiger partial charge in [0.15, 0.2) is 34.1 Å². The fourth-order valence-corrected chi connectivity index (χ4v) is 12.8. The lowest BCUT2D eigenvalue weighted by Crippen LogP contribution is -2.31. The Morgan fingerprint density at radius 1 is 0.578 bits per heavy atom. The highest BCUT2D eigenvalue weighted by Crippen LogP contribution is 2.54. The Hall–Kier alpha value is -6.48. The summed E-state index contributed by atoms with van der Waals surface area (Å²) in [6.45, 7) is -3.29. The lowest BCUT2D eigenvalue weighted by Gasteiger charge is -2.25. The summed E-state index contributed by atoms with van der Waals surface area (Å²) in [5.74, 6) is -0.334. The highest BCUT2D eigenvalue weighted by molar-refractivity contribution is 7.48. The number of fused-ring (bicyclic) bond motifs is 3. The van der Waals surface area contributed by atoms with E-state index in [1.54, 1.807) is 0 Å². The summed E-state index contributed by atoms with van der Waals surface area (Å²) in [6, 6.07) is 1.24. The Morgan fingerprint density at radius 2 is 1.01 bits per heavy atom. The molecule has 7 aromatic rings. The molecule has 13 N–H and O–H groups in total. The summed E-state index contributed by atoms with van der Waals surface area (Å²) in [7, 11) is -19.3. The molecule has 4 fully saturated rings. The van der Waals surface area contributed by atoms with Gasteiger partial charge in [0, 0.05) is 31.9 Å². The zero-order valence-electron chi connectivity index (χ0n) is 42.2. The van der Waals surface area contributed by atoms with Crippen LogP contribution in [0.4, 0.5) is 23.4 Å². The number of nitrogens with one attached hydrogen (secondary N) is 1. The van der Waals surface area contributed by atoms with Gasteiger partial charge in [-0.05, 0) is 6.07 Å². The number of aromatic amines is 1. The van der Waals surface area contributed by atoms with Crippen LogP contribution in [0.5, 0.6) is 0 Å². The topological polar surface area (TPSA) is 558 Å². The van der Waals surface area contributed by atoms with Gasteiger partial charge in [0.2, 0.25) is 5.95 Å². The van der Waals surface area contributed by atoms with Crippen LogP contribution in [0.25, 0.3) is 33.5 Å². The van der Waals surface area contributed by atoms with Crippen molar-refractivity contribution in [1.82, 2.24) is 68.1 Å². The van der Waals surface area contributed by atoms with Gasteiger partial charge in [-0.2, -0.15) is 9.97 Å². The van der Waals surface area contributed by atoms with Crippen LogP contribution in [0.15, 0.2) is 53.5 Å². The number of phosphoric ester groups is 3. The van der Waals surface area contributed by atoms with E-state index in [4.69, 9.17) is 73.5 Å². The maximum atomic E-state index is 14.0. The van der Waals surface area contributed by atoms with E-state index in [1.165, 1.54) is 44.9 Å². The van der Waals surface area contributed by atoms with Crippen LogP contribution in [0.3, 0.4) is 0 Å². The van der Waals surface area contributed by atoms with Gasteiger partial charge >= 0.3 is 37.1 Å². The zero-order valence-corrected chi connectivity index (χ0v) is 45.8. The first-order valence-corrected chi connectivity index (χ1v) is 30.0. The third-order valence-electron chi connectivity index (χ3n) is 13.4. The average Bonchev–Trinajstić information content (AvgIpc) is 3.77. The van der Waals surface area contributed by atoms with E-state index in [0.717, 1.165) is 17.2 Å². The molecule has 40 nitrogen and oxygen atoms in total. The monoisotopic (exact) mass is 1240 g/mol. The number of nitrogen functional groups attached to an aromatic ring is 4. The maximum Gasteiger partial charge on any atom is 0.472 e. The molecule has 0 aliphatic carbocycles. The van der Waals surface area contributed by atoms with Gasteiger partial charge in [0.1, 0.15) is 97.1 Å². The number of nitrogens with two attached hydrogens (primary N) is 4. The number of H-pyrrole nitrogens is 1. The SMILES string of the molecule is Nc1ccn([C@H]2C[C@H](OP(=O)(O)OC[C@H]3O[C@@H](n4cnc5c(=O)[nH]c(N)nc54)C[C@@H]3OP(=O)(O)OC[C@H]3O[C@@H](n4cnc5c(N)ncnc54)C[C@@H]3O)[C@@H](COP(=O)(O)O[C@H]3C[C@H](n4cnc5c(N)ncnc54)O[C@@H]3COP(=O)=O)O2)c(=O)n1. The first kappa shape index (κ1) is 58.3. The third-order valence-corrected chi connectivity index (χ3v) is 16.8. The smallest absolute Gasteiger partial charge is 0.390 e. The second-order valence-electron chi connectivity index (χ2n) is 18.8. The third kappa shape index (κ3) is 12.7. The van der Waals surface area contributed by atoms with Crippen molar-refractivity contribution in [2.24, 2.45) is 0 Å². The van der Waals surface area contributed by atoms with Crippen LogP contribution >= 0.6 is 31.4 Å². The summed E-state index contributed by atoms with van der Waals surface area (Å²) in [5.41, 5.74) is 22.4. The standard InChI is InChI=1S/C39H48N18O22P4/c40-24-1-2-54(39(60)51-24)26-4-18(22(75-26)9-71-82(65,66)77-17-5-27(74-21(17)7-69-80(61)62)56-14-49-30-33(42)45-12-47-35(30)56)78-83(67,68)72-10-23-19(6-28(76-23)57-15-50-31-36(57)52-38(43)53-37(31)59)79-81(63,64)70-8-20-16(58)3-25(73-20)55-13-48-29-32(41)44-11-46-34(29)55/h1-2,11-23,25-28,58H,3-10H2,(H,63,64)(H,65,66)(H,67,68)(H2,40,51,60)(H2,41,44,46)(H2,42,45,47)(H3,43,52,53,59)/t16-,17-,18-,19-,20+,21+,22+,23+,25+,26+,27+,28+/m0/s1. The van der Waals surface area contributed by atoms with Crippen molar-refractivity contribution in [2.75, 3.05) is 49.4 Å². The molecule has 4 saturated heterocycles. The Kier molecular flexibility index (Phi) is 16.3. The van der Waals surface area contributed by atoms with Crippen LogP contribution in [-0.2, 0) is 73.4 Å². The molecule has 83 heavy (non-hydrogen) atoms. The fraction of sp³-hybridized carbons (Fsp3) is 0.513. The molecule has 3 unspecified atom stereocenters. The van der Waals surface area contributed by atoms with E-state index in [9.17, 15) is 52.2 Å². The fourth-order valence-electron chi connectivity index (χ4n) is 9.63. The quantitative estimate of drug-likeness (QED) is 0.0387. The van der Waals surface area contributed by atoms with Crippen molar-refractivity contribution in [3.8, 4) is 0 Å². The summed E-state index contributed by atoms with van der Waals surface area (Å²) < 4.78 is 131. The second kappa shape index (κ2) is 23.2. The molecule has 0 saturated carbocycles. The predicted octanol–water partition coefficient (Wildman–Crippen LogP) is -0.493. The van der Waals surface area contributed by atoms with Gasteiger partial charge in [-0.25, -0.2) is 62.5 Å². The molecule has 15 atom stereocenters. The summed E-state index contributed by atoms with van der Waals surface area (Å²) >= 11 is 0. The molecule has 11 rings (SSSR count). The largest absolute Gasteiger partial charge is 0.472 e. The second-order valence-corrected chi connectivity index (χ2v) is 23.7. The number of nitrogens with zero attached hydrogens (tertiary/aromatic N) is 13. The van der Waals surface area contributed by atoms with E-state index in [-0.39, 0.29) is 70.5 Å². The molecule has 44 heteroatoms. The number of phosphoric acid groups is 3. The minimum absolute atomic E-state index is 0.0271. The van der Waals surface area contributed by atoms with Crippen LogP contribution in [-0.4, -0.2) is 163 Å². The molecule has 11 heterocycles. The maximum absolute atomic E-state index is 14.0. The van der Waals surface area contributed by atoms with Crippen molar-refractivity contribution in [2.45, 2.75) is 99.4 Å². The first-order valence-electron chi connectivity index (χ1n) is 24.4. The van der Waals surface area contributed by atoms with Gasteiger partial charge in [-0.3, -0.25) is 59.7 Å². The highest BCUT2D eigenvalue weighted by atomic mass is 31.2. The molecule has 4 aliphatic heterocycles. The van der Waals surface area contributed by atoms with Gasteiger partial charge in [0.25, 0.3) is 5.56 Å². The molecule has 0 spiro atoms. The van der Waals surface area contributed by atoms with Crippen LogP contribution in [0.2, 0.25) is 0 Å². The molecule has 0 radical (unpaired) electrons. The molecular formula is C39H48N18O22P4. The minimum atomic E-state index is -5.41. The Morgan fingerprint density at radius 3 is 1.51 bits per heavy atom. The molecule has 0 amide bonds. The van der Waals surface area contributed by atoms with Crippen molar-refractivity contribution in [3.63, 3.8) is 0 Å². The van der Waals surface area contributed by atoms with Gasteiger partial charge in [-0.1, -0.05) is 0 Å². The van der Waals surface area contributed by atoms with Gasteiger partial charge in [0.05, 0.1) is 51.5 Å². The molecule has 446 valence electrons. The van der Waals surface area contributed by atoms with E-state index >= 15 is 0 Å². The summed E-state index contributed by atoms with van der Waals surface area (Å²) in [4.78, 5) is 97.8. The normalized spacial score (nSPS) is 28.7. The highest BCUT2D eigenvalue weighted by Gasteiger charge is 2.49. The van der Waals surface area contributed by atoms with E-state index in [0.29, 0.717) is 5.65 Å². The number of aromatic nitrogens is 14. The number of anilines is 4. The molecule has 4 aliphatic rings. The van der Waals surface area contributed by atoms with E-state index < -0.39 is 149 Å². The summed E-state index contributed by atoms with van der Waals surface area (Å²) in [6.07, 6.45) is -9.69. The van der Waals surface area contributed by atoms with E-state index in [1.807, 2.05) is 0 Å². The van der Waals surface area contributed by atoms with Gasteiger partial charge in [-0.15, -0.1) is 0 Å². The van der Waals surface area contributed by atoms with Gasteiger partial charge < -0.3 is 61.7 Å². The Labute approximate surface area is 462 Å². The number of aliphatic hydroxyl groups excluding tert-OH is 1. The number of imidazole rings is 3. The van der Waals surface area contributed by atoms with Crippen LogP contribution in [0, 0.1) is 0 Å². The van der Waals surface area contributed by atoms with Crippen molar-refractivity contribution >= 4 is 88.3 Å². The number of ether oxygens (including phenoxy) is 4. The number of aliphatic hydroxyl groups is 1. The Bertz CT molecular complexity index is 3910. The minimum Gasteiger partial charge on any atom is -0.390 e. The van der Waals surface area contributed by atoms with Crippen LogP contribution in [0.1, 0.15) is 50.6 Å². The zero-order chi connectivity index (χ0) is 58.7. The number of rotatable bonds is 22. The van der Waals surface area contributed by atoms with Crippen molar-refractivity contribution in [3.05, 3.63) is 64.7 Å². The predicted molar refractivity (Wildman–Crippen MR) is 271 cm³/mol. The molecule has 0 bridgehead atoms. The number of hydrogen-bond donors (Lipinski definition) is 9. The lowest BCUT2D eigenvalue weighted by atomic mass is 10.2. The summed E-state index contributed by atoms with van der Waals surface area (Å²) in [5, 5.41) is 10.9. The Balaban J connectivity index is 0.781. The average molecular weight is 1240 g/mol.